The zero-order chi connectivity index (χ0) is 46.2. The van der Waals surface area contributed by atoms with Crippen molar-refractivity contribution in [3.63, 3.8) is 0 Å². The molecule has 0 bridgehead atoms. The van der Waals surface area contributed by atoms with Crippen LogP contribution in [0.5, 0.6) is 0 Å². The van der Waals surface area contributed by atoms with Crippen LogP contribution in [0.25, 0.3) is 0 Å². The van der Waals surface area contributed by atoms with E-state index < -0.39 is 0 Å². The average molecular weight is 935 g/mol. The summed E-state index contributed by atoms with van der Waals surface area (Å²) in [7, 11) is 0. The summed E-state index contributed by atoms with van der Waals surface area (Å²) >= 11 is 10.1. The molecule has 0 fully saturated rings. The molecular formula is C61H123NS2. The van der Waals surface area contributed by atoms with E-state index in [9.17, 15) is 0 Å². The Morgan fingerprint density at radius 1 is 0.219 bits per heavy atom. The van der Waals surface area contributed by atoms with E-state index >= 15 is 0 Å². The molecule has 0 aromatic rings. The molecule has 1 nitrogen and oxygen atoms in total. The predicted molar refractivity (Wildman–Crippen MR) is 303 cm³/mol. The third-order valence-corrected chi connectivity index (χ3v) is 15.4. The molecular weight excluding hydrogens is 811 g/mol. The lowest BCUT2D eigenvalue weighted by atomic mass is 10.0. The molecule has 0 N–H and O–H groups in total. The number of nitrogens with zero attached hydrogens (tertiary/aromatic N) is 1. The van der Waals surface area contributed by atoms with Gasteiger partial charge in [0.05, 0.1) is 0 Å². The van der Waals surface area contributed by atoms with E-state index in [1.807, 2.05) is 0 Å². The normalized spacial score (nSPS) is 11.6. The van der Waals surface area contributed by atoms with Gasteiger partial charge in [-0.2, -0.15) is 0 Å². The topological polar surface area (TPSA) is 3.24 Å². The van der Waals surface area contributed by atoms with Gasteiger partial charge in [0.2, 0.25) is 0 Å². The number of hydrogen-bond donors (Lipinski definition) is 1. The second-order valence-electron chi connectivity index (χ2n) is 21.4. The molecule has 0 aliphatic carbocycles. The van der Waals surface area contributed by atoms with E-state index in [0.29, 0.717) is 0 Å². The maximum atomic E-state index is 5.50. The van der Waals surface area contributed by atoms with E-state index in [-0.39, 0.29) is 0 Å². The minimum absolute atomic E-state index is 0.815. The number of rotatable bonds is 58. The first-order valence-corrected chi connectivity index (χ1v) is 31.6. The van der Waals surface area contributed by atoms with Crippen LogP contribution in [0, 0.1) is 0 Å². The van der Waals surface area contributed by atoms with Gasteiger partial charge < -0.3 is 4.90 Å². The zero-order valence-corrected chi connectivity index (χ0v) is 46.5. The van der Waals surface area contributed by atoms with Crippen molar-refractivity contribution in [1.82, 2.24) is 4.90 Å². The molecule has 0 saturated carbocycles. The average Bonchev–Trinajstić information content (AvgIpc) is 3.30. The van der Waals surface area contributed by atoms with Gasteiger partial charge in [-0.1, -0.05) is 373 Å². The number of unbranched alkanes of at least 4 members (excludes halogenated alkanes) is 54. The summed E-state index contributed by atoms with van der Waals surface area (Å²) < 4.78 is 0.815. The van der Waals surface area contributed by atoms with Gasteiger partial charge in [-0.05, 0) is 12.8 Å². The Hall–Kier alpha value is 0.240. The van der Waals surface area contributed by atoms with Gasteiger partial charge in [0.25, 0.3) is 0 Å². The second kappa shape index (κ2) is 59.4. The fraction of sp³-hybridized carbons (Fsp3) is 0.984. The summed E-state index contributed by atoms with van der Waals surface area (Å²) in [4.78, 5) is 2.37. The lowest BCUT2D eigenvalue weighted by Gasteiger charge is -2.22. The summed E-state index contributed by atoms with van der Waals surface area (Å²) in [5.41, 5.74) is 0. The summed E-state index contributed by atoms with van der Waals surface area (Å²) in [6.45, 7) is 6.85. The van der Waals surface area contributed by atoms with Crippen LogP contribution in [0.1, 0.15) is 373 Å². The molecule has 0 saturated heterocycles. The molecule has 0 aromatic heterocycles. The van der Waals surface area contributed by atoms with Crippen LogP contribution in [0.4, 0.5) is 0 Å². The zero-order valence-electron chi connectivity index (χ0n) is 44.8. The summed E-state index contributed by atoms with van der Waals surface area (Å²) in [5, 5.41) is 0. The second-order valence-corrected chi connectivity index (χ2v) is 22.5. The first-order valence-electron chi connectivity index (χ1n) is 30.7. The SMILES string of the molecule is CCCCCCCCCCCCCCCCCCCCCCCCCCCCCCN(CCCCCCCCCCCCCCCCCCCCCCCCCCCCCC)C(=S)S. The van der Waals surface area contributed by atoms with Crippen LogP contribution in [-0.4, -0.2) is 22.3 Å². The molecule has 0 aliphatic rings. The van der Waals surface area contributed by atoms with Crippen molar-refractivity contribution >= 4 is 29.2 Å². The molecule has 3 heteroatoms. The van der Waals surface area contributed by atoms with Crippen molar-refractivity contribution in [3.8, 4) is 0 Å². The van der Waals surface area contributed by atoms with Gasteiger partial charge in [0.15, 0.2) is 0 Å². The van der Waals surface area contributed by atoms with Crippen LogP contribution < -0.4 is 0 Å². The molecule has 0 unspecified atom stereocenters. The van der Waals surface area contributed by atoms with Gasteiger partial charge in [0.1, 0.15) is 4.32 Å². The van der Waals surface area contributed by atoms with E-state index in [4.69, 9.17) is 12.2 Å². The Kier molecular flexibility index (Phi) is 59.6. The van der Waals surface area contributed by atoms with Crippen molar-refractivity contribution < 1.29 is 0 Å². The first kappa shape index (κ1) is 64.2. The van der Waals surface area contributed by atoms with Gasteiger partial charge in [-0.15, -0.1) is 12.6 Å². The van der Waals surface area contributed by atoms with E-state index in [1.165, 1.54) is 360 Å². The lowest BCUT2D eigenvalue weighted by Crippen LogP contribution is -2.28. The number of hydrogen-bond acceptors (Lipinski definition) is 1. The quantitative estimate of drug-likeness (QED) is 0.0368. The van der Waals surface area contributed by atoms with Crippen molar-refractivity contribution in [2.45, 2.75) is 373 Å². The van der Waals surface area contributed by atoms with Crippen molar-refractivity contribution in [2.24, 2.45) is 0 Å². The highest BCUT2D eigenvalue weighted by molar-refractivity contribution is 8.10. The maximum Gasteiger partial charge on any atom is 0.133 e. The molecule has 0 heterocycles. The van der Waals surface area contributed by atoms with Crippen LogP contribution in [0.3, 0.4) is 0 Å². The molecule has 0 rings (SSSR count). The standard InChI is InChI=1S/C61H123NS2/c1-3-5-7-9-11-13-15-17-19-21-23-25-27-29-31-33-35-37-39-41-43-45-47-49-51-53-55-57-59-62(61(63)64)60-58-56-54-52-50-48-46-44-42-40-38-36-34-32-30-28-26-24-22-20-18-16-14-12-10-8-6-4-2/h3-60H2,1-2H3,(H,63,64). The Bertz CT molecular complexity index is 769. The largest absolute Gasteiger partial charge is 0.358 e. The molecule has 0 amide bonds. The monoisotopic (exact) mass is 934 g/mol. The first-order chi connectivity index (χ1) is 31.7. The summed E-state index contributed by atoms with van der Waals surface area (Å²) in [6, 6.07) is 0. The number of thiol groups is 1. The minimum Gasteiger partial charge on any atom is -0.358 e. The predicted octanol–water partition coefficient (Wildman–Crippen LogP) is 23.4. The van der Waals surface area contributed by atoms with Crippen LogP contribution >= 0.6 is 24.8 Å². The molecule has 0 aromatic carbocycles. The van der Waals surface area contributed by atoms with E-state index in [0.717, 1.165) is 17.4 Å². The van der Waals surface area contributed by atoms with Crippen LogP contribution in [-0.2, 0) is 0 Å². The smallest absolute Gasteiger partial charge is 0.133 e. The van der Waals surface area contributed by atoms with Crippen molar-refractivity contribution in [2.75, 3.05) is 13.1 Å². The highest BCUT2D eigenvalue weighted by Gasteiger charge is 2.06. The highest BCUT2D eigenvalue weighted by Crippen LogP contribution is 2.19. The van der Waals surface area contributed by atoms with Gasteiger partial charge in [-0.3, -0.25) is 0 Å². The van der Waals surface area contributed by atoms with Crippen LogP contribution in [0.15, 0.2) is 0 Å². The summed E-state index contributed by atoms with van der Waals surface area (Å²) in [6.07, 6.45) is 81.4. The summed E-state index contributed by atoms with van der Waals surface area (Å²) in [5.74, 6) is 0. The Morgan fingerprint density at radius 3 is 0.438 bits per heavy atom. The molecule has 0 spiro atoms. The van der Waals surface area contributed by atoms with Gasteiger partial charge in [0, 0.05) is 13.1 Å². The molecule has 0 aliphatic heterocycles. The van der Waals surface area contributed by atoms with E-state index in [1.54, 1.807) is 0 Å². The lowest BCUT2D eigenvalue weighted by molar-refractivity contribution is 0.394. The van der Waals surface area contributed by atoms with Gasteiger partial charge >= 0.3 is 0 Å². The Balaban J connectivity index is 3.29. The van der Waals surface area contributed by atoms with Crippen molar-refractivity contribution in [1.29, 1.82) is 0 Å². The molecule has 0 atom stereocenters. The van der Waals surface area contributed by atoms with Crippen LogP contribution in [0.2, 0.25) is 0 Å². The number of thiocarbonyl (C=S) groups is 1. The third kappa shape index (κ3) is 56.6. The molecule has 64 heavy (non-hydrogen) atoms. The van der Waals surface area contributed by atoms with Gasteiger partial charge in [-0.25, -0.2) is 0 Å². The Labute approximate surface area is 418 Å². The minimum atomic E-state index is 0.815. The fourth-order valence-corrected chi connectivity index (χ4v) is 10.6. The molecule has 384 valence electrons. The van der Waals surface area contributed by atoms with E-state index in [2.05, 4.69) is 31.4 Å². The Morgan fingerprint density at radius 2 is 0.328 bits per heavy atom. The fourth-order valence-electron chi connectivity index (χ4n) is 10.2. The highest BCUT2D eigenvalue weighted by atomic mass is 32.1. The van der Waals surface area contributed by atoms with Crippen molar-refractivity contribution in [3.05, 3.63) is 0 Å². The third-order valence-electron chi connectivity index (χ3n) is 14.8. The maximum absolute atomic E-state index is 5.50. The molecule has 0 radical (unpaired) electrons.